The monoisotopic (exact) mass is 263 g/mol. The molecule has 2 unspecified atom stereocenters. The normalized spacial score (nSPS) is 20.2. The molecule has 19 heavy (non-hydrogen) atoms. The standard InChI is InChI=1S/C17H26FN/c1-3-17(15-7-5-4-6-8-15)19-13(2)14-9-11-16(18)12-10-14/h9-13,15,17,19H,3-8H2,1-2H3. The first-order valence-electron chi connectivity index (χ1n) is 7.72. The van der Waals surface area contributed by atoms with Gasteiger partial charge in [-0.15, -0.1) is 0 Å². The van der Waals surface area contributed by atoms with Crippen LogP contribution in [0.15, 0.2) is 24.3 Å². The lowest BCUT2D eigenvalue weighted by atomic mass is 9.82. The van der Waals surface area contributed by atoms with Crippen LogP contribution in [0.5, 0.6) is 0 Å². The molecule has 1 N–H and O–H groups in total. The van der Waals surface area contributed by atoms with Gasteiger partial charge in [-0.2, -0.15) is 0 Å². The molecule has 0 saturated heterocycles. The van der Waals surface area contributed by atoms with Gasteiger partial charge in [0.05, 0.1) is 0 Å². The van der Waals surface area contributed by atoms with Crippen LogP contribution in [0.3, 0.4) is 0 Å². The Labute approximate surface area is 116 Å². The van der Waals surface area contributed by atoms with E-state index in [2.05, 4.69) is 19.2 Å². The van der Waals surface area contributed by atoms with Gasteiger partial charge in [0.2, 0.25) is 0 Å². The molecule has 0 aromatic heterocycles. The molecule has 0 heterocycles. The fraction of sp³-hybridized carbons (Fsp3) is 0.647. The second kappa shape index (κ2) is 7.04. The molecular weight excluding hydrogens is 237 g/mol. The van der Waals surface area contributed by atoms with E-state index in [0.29, 0.717) is 12.1 Å². The molecule has 2 atom stereocenters. The lowest BCUT2D eigenvalue weighted by molar-refractivity contribution is 0.249. The molecular formula is C17H26FN. The van der Waals surface area contributed by atoms with Crippen molar-refractivity contribution in [1.82, 2.24) is 5.32 Å². The Morgan fingerprint density at radius 2 is 1.79 bits per heavy atom. The molecule has 1 aromatic rings. The van der Waals surface area contributed by atoms with Crippen molar-refractivity contribution in [2.75, 3.05) is 0 Å². The summed E-state index contributed by atoms with van der Waals surface area (Å²) in [5.74, 6) is 0.664. The third-order valence-corrected chi connectivity index (χ3v) is 4.49. The number of rotatable bonds is 5. The first-order chi connectivity index (χ1) is 9.20. The van der Waals surface area contributed by atoms with E-state index in [-0.39, 0.29) is 5.82 Å². The van der Waals surface area contributed by atoms with Gasteiger partial charge < -0.3 is 5.32 Å². The SMILES string of the molecule is CCC(NC(C)c1ccc(F)cc1)C1CCCCC1. The largest absolute Gasteiger partial charge is 0.307 e. The van der Waals surface area contributed by atoms with E-state index in [0.717, 1.165) is 5.92 Å². The average molecular weight is 263 g/mol. The first kappa shape index (κ1) is 14.5. The van der Waals surface area contributed by atoms with Crippen molar-refractivity contribution >= 4 is 0 Å². The number of hydrogen-bond acceptors (Lipinski definition) is 1. The fourth-order valence-corrected chi connectivity index (χ4v) is 3.29. The summed E-state index contributed by atoms with van der Waals surface area (Å²) in [6.45, 7) is 4.45. The van der Waals surface area contributed by atoms with E-state index >= 15 is 0 Å². The Morgan fingerprint density at radius 1 is 1.16 bits per heavy atom. The van der Waals surface area contributed by atoms with Gasteiger partial charge in [-0.25, -0.2) is 4.39 Å². The fourth-order valence-electron chi connectivity index (χ4n) is 3.29. The third kappa shape index (κ3) is 4.04. The smallest absolute Gasteiger partial charge is 0.123 e. The Morgan fingerprint density at radius 3 is 2.37 bits per heavy atom. The zero-order valence-corrected chi connectivity index (χ0v) is 12.2. The highest BCUT2D eigenvalue weighted by molar-refractivity contribution is 5.19. The van der Waals surface area contributed by atoms with Crippen LogP contribution in [-0.2, 0) is 0 Å². The molecule has 106 valence electrons. The van der Waals surface area contributed by atoms with E-state index in [9.17, 15) is 4.39 Å². The molecule has 1 aliphatic rings. The quantitative estimate of drug-likeness (QED) is 0.802. The summed E-state index contributed by atoms with van der Waals surface area (Å²) >= 11 is 0. The summed E-state index contributed by atoms with van der Waals surface area (Å²) in [7, 11) is 0. The number of nitrogens with one attached hydrogen (secondary N) is 1. The van der Waals surface area contributed by atoms with Gasteiger partial charge in [0.15, 0.2) is 0 Å². The molecule has 0 aliphatic heterocycles. The zero-order chi connectivity index (χ0) is 13.7. The Bertz CT molecular complexity index is 367. The third-order valence-electron chi connectivity index (χ3n) is 4.49. The summed E-state index contributed by atoms with van der Waals surface area (Å²) in [5.41, 5.74) is 1.18. The van der Waals surface area contributed by atoms with E-state index in [1.54, 1.807) is 12.1 Å². The molecule has 2 rings (SSSR count). The molecule has 2 heteroatoms. The summed E-state index contributed by atoms with van der Waals surface area (Å²) in [6, 6.07) is 7.78. The van der Waals surface area contributed by atoms with E-state index < -0.39 is 0 Å². The predicted octanol–water partition coefficient (Wildman–Crippen LogP) is 4.84. The van der Waals surface area contributed by atoms with Crippen LogP contribution < -0.4 is 5.32 Å². The number of hydrogen-bond donors (Lipinski definition) is 1. The van der Waals surface area contributed by atoms with Crippen molar-refractivity contribution < 1.29 is 4.39 Å². The van der Waals surface area contributed by atoms with E-state index in [1.165, 1.54) is 44.1 Å². The second-order valence-electron chi connectivity index (χ2n) is 5.85. The molecule has 1 aromatic carbocycles. The van der Waals surface area contributed by atoms with Crippen LogP contribution in [0, 0.1) is 11.7 Å². The molecule has 1 nitrogen and oxygen atoms in total. The highest BCUT2D eigenvalue weighted by Gasteiger charge is 2.23. The van der Waals surface area contributed by atoms with Crippen LogP contribution in [0.2, 0.25) is 0 Å². The van der Waals surface area contributed by atoms with Gasteiger partial charge in [-0.3, -0.25) is 0 Å². The Balaban J connectivity index is 1.95. The molecule has 1 saturated carbocycles. The van der Waals surface area contributed by atoms with Gasteiger partial charge in [0, 0.05) is 12.1 Å². The van der Waals surface area contributed by atoms with Crippen LogP contribution in [0.4, 0.5) is 4.39 Å². The molecule has 0 radical (unpaired) electrons. The van der Waals surface area contributed by atoms with Gasteiger partial charge in [0.25, 0.3) is 0 Å². The van der Waals surface area contributed by atoms with Crippen LogP contribution >= 0.6 is 0 Å². The summed E-state index contributed by atoms with van der Waals surface area (Å²) in [6.07, 6.45) is 8.07. The van der Waals surface area contributed by atoms with Crippen molar-refractivity contribution in [3.63, 3.8) is 0 Å². The Kier molecular flexibility index (Phi) is 5.38. The maximum Gasteiger partial charge on any atom is 0.123 e. The predicted molar refractivity (Wildman–Crippen MR) is 78.6 cm³/mol. The maximum absolute atomic E-state index is 12.9. The zero-order valence-electron chi connectivity index (χ0n) is 12.2. The van der Waals surface area contributed by atoms with Crippen molar-refractivity contribution in [2.24, 2.45) is 5.92 Å². The minimum Gasteiger partial charge on any atom is -0.307 e. The minimum atomic E-state index is -0.157. The van der Waals surface area contributed by atoms with Crippen LogP contribution in [-0.4, -0.2) is 6.04 Å². The van der Waals surface area contributed by atoms with Crippen molar-refractivity contribution in [3.05, 3.63) is 35.6 Å². The highest BCUT2D eigenvalue weighted by Crippen LogP contribution is 2.29. The minimum absolute atomic E-state index is 0.157. The van der Waals surface area contributed by atoms with E-state index in [4.69, 9.17) is 0 Å². The van der Waals surface area contributed by atoms with E-state index in [1.807, 2.05) is 12.1 Å². The lowest BCUT2D eigenvalue weighted by Gasteiger charge is -2.32. The average Bonchev–Trinajstić information content (AvgIpc) is 2.46. The molecule has 1 fully saturated rings. The Hall–Kier alpha value is -0.890. The molecule has 0 amide bonds. The van der Waals surface area contributed by atoms with Gasteiger partial charge in [-0.1, -0.05) is 38.3 Å². The lowest BCUT2D eigenvalue weighted by Crippen LogP contribution is -2.38. The maximum atomic E-state index is 12.9. The number of benzene rings is 1. The van der Waals surface area contributed by atoms with Gasteiger partial charge in [-0.05, 0) is 49.8 Å². The number of halogens is 1. The van der Waals surface area contributed by atoms with Gasteiger partial charge in [0.1, 0.15) is 5.82 Å². The molecule has 1 aliphatic carbocycles. The van der Waals surface area contributed by atoms with Crippen LogP contribution in [0.25, 0.3) is 0 Å². The topological polar surface area (TPSA) is 12.0 Å². The molecule has 0 spiro atoms. The van der Waals surface area contributed by atoms with Crippen molar-refractivity contribution in [1.29, 1.82) is 0 Å². The van der Waals surface area contributed by atoms with Crippen molar-refractivity contribution in [3.8, 4) is 0 Å². The molecule has 0 bridgehead atoms. The van der Waals surface area contributed by atoms with Crippen LogP contribution in [0.1, 0.15) is 64.0 Å². The summed E-state index contributed by atoms with van der Waals surface area (Å²) in [4.78, 5) is 0. The first-order valence-corrected chi connectivity index (χ1v) is 7.72. The second-order valence-corrected chi connectivity index (χ2v) is 5.85. The summed E-state index contributed by atoms with van der Waals surface area (Å²) in [5, 5.41) is 3.75. The van der Waals surface area contributed by atoms with Gasteiger partial charge >= 0.3 is 0 Å². The summed E-state index contributed by atoms with van der Waals surface area (Å²) < 4.78 is 12.9. The highest BCUT2D eigenvalue weighted by atomic mass is 19.1. The van der Waals surface area contributed by atoms with Crippen molar-refractivity contribution in [2.45, 2.75) is 64.5 Å².